The summed E-state index contributed by atoms with van der Waals surface area (Å²) in [6.07, 6.45) is 4.94. The van der Waals surface area contributed by atoms with Gasteiger partial charge >= 0.3 is 0 Å². The van der Waals surface area contributed by atoms with Crippen molar-refractivity contribution in [2.24, 2.45) is 0 Å². The van der Waals surface area contributed by atoms with Gasteiger partial charge in [0, 0.05) is 23.6 Å². The third-order valence-corrected chi connectivity index (χ3v) is 7.07. The monoisotopic (exact) mass is 467 g/mol. The third-order valence-electron chi connectivity index (χ3n) is 7.07. The number of hydrogen-bond acceptors (Lipinski definition) is 3. The number of amides is 2. The standard InChI is InChI=1S/C26H27F2N3O3/c1-26(25(33)29-18-6-4-3-5-7-18)15-30-22-14-19(34-2)10-8-16(22)12-23(30)24(32)31(26)21-11-9-17(27)13-20(21)28/h8-14,18H,3-7,15H2,1-2H3,(H,29,33)/t26-/m0/s1. The average Bonchev–Trinajstić information content (AvgIpc) is 3.18. The minimum absolute atomic E-state index is 0.0102. The Morgan fingerprint density at radius 2 is 1.85 bits per heavy atom. The molecule has 2 aromatic carbocycles. The first-order valence-electron chi connectivity index (χ1n) is 11.6. The number of aromatic nitrogens is 1. The van der Waals surface area contributed by atoms with Gasteiger partial charge < -0.3 is 14.6 Å². The molecule has 1 N–H and O–H groups in total. The van der Waals surface area contributed by atoms with Crippen LogP contribution in [0.25, 0.3) is 10.9 Å². The van der Waals surface area contributed by atoms with Gasteiger partial charge in [0.2, 0.25) is 5.91 Å². The van der Waals surface area contributed by atoms with Crippen LogP contribution in [0.4, 0.5) is 14.5 Å². The molecule has 1 atom stereocenters. The molecule has 1 fully saturated rings. The number of methoxy groups -OCH3 is 1. The van der Waals surface area contributed by atoms with E-state index in [0.717, 1.165) is 55.1 Å². The van der Waals surface area contributed by atoms with E-state index in [1.54, 1.807) is 30.7 Å². The summed E-state index contributed by atoms with van der Waals surface area (Å²) in [5.74, 6) is -1.89. The average molecular weight is 468 g/mol. The van der Waals surface area contributed by atoms with Gasteiger partial charge in [-0.25, -0.2) is 8.78 Å². The number of carbonyl (C=O) groups excluding carboxylic acids is 2. The van der Waals surface area contributed by atoms with Crippen molar-refractivity contribution >= 4 is 28.4 Å². The van der Waals surface area contributed by atoms with Gasteiger partial charge in [-0.2, -0.15) is 0 Å². The number of carbonyl (C=O) groups is 2. The highest BCUT2D eigenvalue weighted by atomic mass is 19.1. The summed E-state index contributed by atoms with van der Waals surface area (Å²) >= 11 is 0. The molecule has 8 heteroatoms. The first kappa shape index (κ1) is 22.4. The third kappa shape index (κ3) is 3.61. The number of hydrogen-bond donors (Lipinski definition) is 1. The summed E-state index contributed by atoms with van der Waals surface area (Å²) in [6.45, 7) is 1.75. The van der Waals surface area contributed by atoms with Gasteiger partial charge in [-0.3, -0.25) is 14.5 Å². The van der Waals surface area contributed by atoms with Gasteiger partial charge in [0.15, 0.2) is 0 Å². The van der Waals surface area contributed by atoms with Gasteiger partial charge in [0.25, 0.3) is 5.91 Å². The summed E-state index contributed by atoms with van der Waals surface area (Å²) in [5, 5.41) is 3.91. The van der Waals surface area contributed by atoms with Crippen LogP contribution in [0.3, 0.4) is 0 Å². The Labute approximate surface area is 196 Å². The summed E-state index contributed by atoms with van der Waals surface area (Å²) in [7, 11) is 1.56. The lowest BCUT2D eigenvalue weighted by molar-refractivity contribution is -0.127. The second-order valence-corrected chi connectivity index (χ2v) is 9.36. The van der Waals surface area contributed by atoms with Crippen LogP contribution in [0, 0.1) is 11.6 Å². The van der Waals surface area contributed by atoms with Crippen molar-refractivity contribution in [1.82, 2.24) is 9.88 Å². The van der Waals surface area contributed by atoms with Crippen molar-refractivity contribution in [3.8, 4) is 5.75 Å². The molecular weight excluding hydrogens is 440 g/mol. The zero-order chi connectivity index (χ0) is 24.0. The van der Waals surface area contributed by atoms with Crippen molar-refractivity contribution in [2.75, 3.05) is 12.0 Å². The maximum atomic E-state index is 15.0. The highest BCUT2D eigenvalue weighted by Crippen LogP contribution is 2.38. The number of anilines is 1. The van der Waals surface area contributed by atoms with Crippen molar-refractivity contribution in [3.63, 3.8) is 0 Å². The van der Waals surface area contributed by atoms with Crippen LogP contribution >= 0.6 is 0 Å². The zero-order valence-corrected chi connectivity index (χ0v) is 19.2. The molecule has 2 amide bonds. The van der Waals surface area contributed by atoms with Crippen molar-refractivity contribution in [3.05, 3.63) is 59.8 Å². The first-order chi connectivity index (χ1) is 16.3. The maximum Gasteiger partial charge on any atom is 0.276 e. The number of rotatable bonds is 4. The lowest BCUT2D eigenvalue weighted by atomic mass is 9.91. The molecule has 1 aliphatic carbocycles. The Kier molecular flexibility index (Phi) is 5.54. The van der Waals surface area contributed by atoms with Crippen LogP contribution in [0.1, 0.15) is 49.5 Å². The Morgan fingerprint density at radius 3 is 2.56 bits per heavy atom. The molecule has 34 heavy (non-hydrogen) atoms. The first-order valence-corrected chi connectivity index (χ1v) is 11.6. The molecule has 0 spiro atoms. The maximum absolute atomic E-state index is 15.0. The summed E-state index contributed by atoms with van der Waals surface area (Å²) in [6, 6.07) is 10.2. The highest BCUT2D eigenvalue weighted by Gasteiger charge is 2.49. The van der Waals surface area contributed by atoms with Crippen molar-refractivity contribution in [1.29, 1.82) is 0 Å². The van der Waals surface area contributed by atoms with E-state index < -0.39 is 23.1 Å². The van der Waals surface area contributed by atoms with Crippen LogP contribution in [-0.4, -0.2) is 35.1 Å². The lowest BCUT2D eigenvalue weighted by Crippen LogP contribution is -2.65. The predicted octanol–water partition coefficient (Wildman–Crippen LogP) is 4.80. The molecule has 5 rings (SSSR count). The molecule has 3 aromatic rings. The van der Waals surface area contributed by atoms with E-state index in [0.29, 0.717) is 11.4 Å². The van der Waals surface area contributed by atoms with E-state index in [2.05, 4.69) is 5.32 Å². The van der Waals surface area contributed by atoms with E-state index in [4.69, 9.17) is 4.74 Å². The molecule has 0 unspecified atom stereocenters. The van der Waals surface area contributed by atoms with Gasteiger partial charge in [0.1, 0.15) is 28.6 Å². The molecule has 0 saturated heterocycles. The predicted molar refractivity (Wildman–Crippen MR) is 125 cm³/mol. The normalized spacial score (nSPS) is 20.9. The van der Waals surface area contributed by atoms with Crippen LogP contribution < -0.4 is 15.0 Å². The second kappa shape index (κ2) is 8.42. The smallest absolute Gasteiger partial charge is 0.276 e. The molecular formula is C26H27F2N3O3. The van der Waals surface area contributed by atoms with E-state index in [9.17, 15) is 18.4 Å². The van der Waals surface area contributed by atoms with E-state index in [-0.39, 0.29) is 24.2 Å². The minimum atomic E-state index is -1.44. The Morgan fingerprint density at radius 1 is 1.09 bits per heavy atom. The number of fused-ring (bicyclic) bond motifs is 3. The van der Waals surface area contributed by atoms with Crippen molar-refractivity contribution < 1.29 is 23.1 Å². The second-order valence-electron chi connectivity index (χ2n) is 9.36. The Balaban J connectivity index is 1.65. The minimum Gasteiger partial charge on any atom is -0.497 e. The Bertz CT molecular complexity index is 1280. The SMILES string of the molecule is COc1ccc2cc3n(c2c1)C[C@@](C)(C(=O)NC1CCCCC1)N(c1ccc(F)cc1F)C3=O. The van der Waals surface area contributed by atoms with Crippen LogP contribution in [-0.2, 0) is 11.3 Å². The number of nitrogens with one attached hydrogen (secondary N) is 1. The van der Waals surface area contributed by atoms with E-state index in [1.807, 2.05) is 12.1 Å². The topological polar surface area (TPSA) is 63.6 Å². The fraction of sp³-hybridized carbons (Fsp3) is 0.385. The van der Waals surface area contributed by atoms with Gasteiger partial charge in [-0.15, -0.1) is 0 Å². The highest BCUT2D eigenvalue weighted by molar-refractivity contribution is 6.14. The molecule has 2 aliphatic rings. The number of ether oxygens (including phenoxy) is 1. The van der Waals surface area contributed by atoms with Crippen LogP contribution in [0.15, 0.2) is 42.5 Å². The van der Waals surface area contributed by atoms with Gasteiger partial charge in [-0.1, -0.05) is 19.3 Å². The summed E-state index contributed by atoms with van der Waals surface area (Å²) in [5.41, 5.74) is -0.481. The molecule has 1 aliphatic heterocycles. The molecule has 2 heterocycles. The molecule has 1 saturated carbocycles. The fourth-order valence-corrected chi connectivity index (χ4v) is 5.23. The number of nitrogens with zero attached hydrogens (tertiary/aromatic N) is 2. The number of benzene rings is 2. The Hall–Kier alpha value is -3.42. The van der Waals surface area contributed by atoms with Crippen LogP contribution in [0.5, 0.6) is 5.75 Å². The summed E-state index contributed by atoms with van der Waals surface area (Å²) in [4.78, 5) is 28.8. The van der Waals surface area contributed by atoms with Crippen molar-refractivity contribution in [2.45, 2.75) is 57.2 Å². The lowest BCUT2D eigenvalue weighted by Gasteiger charge is -2.44. The largest absolute Gasteiger partial charge is 0.497 e. The molecule has 0 bridgehead atoms. The summed E-state index contributed by atoms with van der Waals surface area (Å²) < 4.78 is 35.8. The van der Waals surface area contributed by atoms with Gasteiger partial charge in [0.05, 0.1) is 24.9 Å². The molecule has 0 radical (unpaired) electrons. The van der Waals surface area contributed by atoms with Crippen LogP contribution in [0.2, 0.25) is 0 Å². The molecule has 6 nitrogen and oxygen atoms in total. The molecule has 178 valence electrons. The quantitative estimate of drug-likeness (QED) is 0.600. The fourth-order valence-electron chi connectivity index (χ4n) is 5.23. The van der Waals surface area contributed by atoms with E-state index >= 15 is 0 Å². The number of halogens is 2. The zero-order valence-electron chi connectivity index (χ0n) is 19.2. The van der Waals surface area contributed by atoms with E-state index in [1.165, 1.54) is 11.0 Å². The van der Waals surface area contributed by atoms with Gasteiger partial charge in [-0.05, 0) is 50.1 Å². The molecule has 1 aromatic heterocycles.